The molecule has 17 heavy (non-hydrogen) atoms. The number of amidine groups is 1. The predicted molar refractivity (Wildman–Crippen MR) is 69.6 cm³/mol. The molecule has 0 amide bonds. The van der Waals surface area contributed by atoms with Crippen LogP contribution in [0.2, 0.25) is 0 Å². The normalized spacial score (nSPS) is 16.5. The second-order valence-electron chi connectivity index (χ2n) is 4.41. The van der Waals surface area contributed by atoms with Crippen LogP contribution in [-0.4, -0.2) is 24.1 Å². The second-order valence-corrected chi connectivity index (χ2v) is 4.41. The van der Waals surface area contributed by atoms with Crippen LogP contribution in [0.1, 0.15) is 24.8 Å². The summed E-state index contributed by atoms with van der Waals surface area (Å²) in [6.07, 6.45) is 4.18. The molecule has 1 aromatic rings. The van der Waals surface area contributed by atoms with Gasteiger partial charge in [-0.05, 0) is 30.9 Å². The number of aryl methyl sites for hydroxylation is 1. The molecule has 0 saturated carbocycles. The highest BCUT2D eigenvalue weighted by molar-refractivity contribution is 5.80. The van der Waals surface area contributed by atoms with E-state index in [1.807, 2.05) is 0 Å². The maximum absolute atomic E-state index is 8.56. The average molecular weight is 233 g/mol. The number of benzene rings is 1. The molecule has 1 aliphatic rings. The summed E-state index contributed by atoms with van der Waals surface area (Å²) in [4.78, 5) is 2.33. The standard InChI is InChI=1S/C13H19N3O/c14-13(15-17)8-10-16-9-4-3-6-11-5-1-2-7-12(11)16/h1-2,5,7,17H,3-4,6,8-10H2,(H2,14,15). The van der Waals surface area contributed by atoms with Crippen molar-refractivity contribution in [2.45, 2.75) is 25.7 Å². The SMILES string of the molecule is NC(CCN1CCCCc2ccccc21)=NO. The molecular weight excluding hydrogens is 214 g/mol. The zero-order valence-corrected chi connectivity index (χ0v) is 9.97. The maximum Gasteiger partial charge on any atom is 0.140 e. The van der Waals surface area contributed by atoms with Gasteiger partial charge < -0.3 is 15.8 Å². The summed E-state index contributed by atoms with van der Waals surface area (Å²) in [5, 5.41) is 11.6. The molecule has 0 unspecified atom stereocenters. The van der Waals surface area contributed by atoms with E-state index < -0.39 is 0 Å². The Labute approximate surface area is 102 Å². The molecule has 1 aliphatic heterocycles. The molecule has 0 bridgehead atoms. The number of para-hydroxylation sites is 1. The third-order valence-corrected chi connectivity index (χ3v) is 3.22. The van der Waals surface area contributed by atoms with Crippen molar-refractivity contribution in [1.29, 1.82) is 0 Å². The lowest BCUT2D eigenvalue weighted by Crippen LogP contribution is -2.28. The van der Waals surface area contributed by atoms with Crippen molar-refractivity contribution in [2.24, 2.45) is 10.9 Å². The Morgan fingerprint density at radius 3 is 3.00 bits per heavy atom. The topological polar surface area (TPSA) is 61.8 Å². The number of nitrogens with zero attached hydrogens (tertiary/aromatic N) is 2. The van der Waals surface area contributed by atoms with E-state index in [1.165, 1.54) is 24.1 Å². The minimum Gasteiger partial charge on any atom is -0.409 e. The van der Waals surface area contributed by atoms with Gasteiger partial charge in [0.15, 0.2) is 0 Å². The van der Waals surface area contributed by atoms with Crippen LogP contribution in [0, 0.1) is 0 Å². The van der Waals surface area contributed by atoms with Gasteiger partial charge in [-0.15, -0.1) is 0 Å². The molecule has 0 radical (unpaired) electrons. The van der Waals surface area contributed by atoms with Crippen molar-refractivity contribution < 1.29 is 5.21 Å². The van der Waals surface area contributed by atoms with Crippen molar-refractivity contribution in [1.82, 2.24) is 0 Å². The Kier molecular flexibility index (Phi) is 3.85. The van der Waals surface area contributed by atoms with Gasteiger partial charge in [-0.25, -0.2) is 0 Å². The summed E-state index contributed by atoms with van der Waals surface area (Å²) in [6.45, 7) is 1.86. The second kappa shape index (κ2) is 5.57. The van der Waals surface area contributed by atoms with Crippen molar-refractivity contribution in [3.63, 3.8) is 0 Å². The van der Waals surface area contributed by atoms with Crippen LogP contribution in [0.4, 0.5) is 5.69 Å². The highest BCUT2D eigenvalue weighted by atomic mass is 16.4. The number of oxime groups is 1. The summed E-state index contributed by atoms with van der Waals surface area (Å²) in [5.41, 5.74) is 8.23. The lowest BCUT2D eigenvalue weighted by molar-refractivity contribution is 0.317. The molecule has 0 atom stereocenters. The lowest BCUT2D eigenvalue weighted by Gasteiger charge is -2.24. The molecule has 1 aromatic carbocycles. The van der Waals surface area contributed by atoms with Crippen LogP contribution >= 0.6 is 0 Å². The lowest BCUT2D eigenvalue weighted by atomic mass is 10.1. The van der Waals surface area contributed by atoms with Crippen LogP contribution in [0.25, 0.3) is 0 Å². The van der Waals surface area contributed by atoms with Gasteiger partial charge in [0, 0.05) is 25.2 Å². The first kappa shape index (κ1) is 11.8. The largest absolute Gasteiger partial charge is 0.409 e. The van der Waals surface area contributed by atoms with E-state index in [-0.39, 0.29) is 0 Å². The molecule has 0 aliphatic carbocycles. The molecule has 1 heterocycles. The molecule has 0 saturated heterocycles. The number of rotatable bonds is 3. The number of nitrogens with two attached hydrogens (primary N) is 1. The third kappa shape index (κ3) is 2.90. The van der Waals surface area contributed by atoms with Gasteiger partial charge in [-0.3, -0.25) is 0 Å². The quantitative estimate of drug-likeness (QED) is 0.363. The van der Waals surface area contributed by atoms with E-state index in [1.54, 1.807) is 0 Å². The first-order valence-corrected chi connectivity index (χ1v) is 6.10. The zero-order chi connectivity index (χ0) is 12.1. The van der Waals surface area contributed by atoms with E-state index in [0.29, 0.717) is 12.3 Å². The molecule has 0 spiro atoms. The third-order valence-electron chi connectivity index (χ3n) is 3.22. The van der Waals surface area contributed by atoms with Gasteiger partial charge in [0.1, 0.15) is 5.84 Å². The Bertz CT molecular complexity index is 403. The average Bonchev–Trinajstić information content (AvgIpc) is 2.58. The number of hydrogen-bond donors (Lipinski definition) is 2. The monoisotopic (exact) mass is 233 g/mol. The van der Waals surface area contributed by atoms with Crippen LogP contribution < -0.4 is 10.6 Å². The molecule has 4 heteroatoms. The number of hydrogen-bond acceptors (Lipinski definition) is 3. The van der Waals surface area contributed by atoms with Gasteiger partial charge in [0.05, 0.1) is 0 Å². The number of fused-ring (bicyclic) bond motifs is 1. The van der Waals surface area contributed by atoms with Crippen LogP contribution in [0.15, 0.2) is 29.4 Å². The van der Waals surface area contributed by atoms with E-state index >= 15 is 0 Å². The molecule has 0 fully saturated rings. The molecule has 0 aromatic heterocycles. The number of anilines is 1. The van der Waals surface area contributed by atoms with Gasteiger partial charge in [0.25, 0.3) is 0 Å². The van der Waals surface area contributed by atoms with Crippen molar-refractivity contribution >= 4 is 11.5 Å². The van der Waals surface area contributed by atoms with Crippen LogP contribution in [0.5, 0.6) is 0 Å². The van der Waals surface area contributed by atoms with Crippen molar-refractivity contribution in [3.8, 4) is 0 Å². The van der Waals surface area contributed by atoms with E-state index in [4.69, 9.17) is 10.9 Å². The molecular formula is C13H19N3O. The van der Waals surface area contributed by atoms with Crippen LogP contribution in [-0.2, 0) is 6.42 Å². The molecule has 92 valence electrons. The van der Waals surface area contributed by atoms with Gasteiger partial charge >= 0.3 is 0 Å². The Morgan fingerprint density at radius 1 is 1.35 bits per heavy atom. The van der Waals surface area contributed by atoms with Gasteiger partial charge in [0.2, 0.25) is 0 Å². The van der Waals surface area contributed by atoms with E-state index in [2.05, 4.69) is 34.3 Å². The van der Waals surface area contributed by atoms with Gasteiger partial charge in [-0.1, -0.05) is 23.4 Å². The summed E-state index contributed by atoms with van der Waals surface area (Å²) >= 11 is 0. The fourth-order valence-corrected chi connectivity index (χ4v) is 2.30. The minimum absolute atomic E-state index is 0.298. The molecule has 3 N–H and O–H groups in total. The fraction of sp³-hybridized carbons (Fsp3) is 0.462. The predicted octanol–water partition coefficient (Wildman–Crippen LogP) is 1.97. The van der Waals surface area contributed by atoms with Crippen molar-refractivity contribution in [3.05, 3.63) is 29.8 Å². The molecule has 4 nitrogen and oxygen atoms in total. The summed E-state index contributed by atoms with van der Waals surface area (Å²) in [6, 6.07) is 8.51. The highest BCUT2D eigenvalue weighted by Gasteiger charge is 2.14. The van der Waals surface area contributed by atoms with Gasteiger partial charge in [-0.2, -0.15) is 0 Å². The minimum atomic E-state index is 0.298. The first-order chi connectivity index (χ1) is 8.31. The van der Waals surface area contributed by atoms with E-state index in [0.717, 1.165) is 19.5 Å². The Hall–Kier alpha value is -1.71. The summed E-state index contributed by atoms with van der Waals surface area (Å²) in [7, 11) is 0. The summed E-state index contributed by atoms with van der Waals surface area (Å²) < 4.78 is 0. The van der Waals surface area contributed by atoms with Crippen LogP contribution in [0.3, 0.4) is 0 Å². The fourth-order valence-electron chi connectivity index (χ4n) is 2.30. The Morgan fingerprint density at radius 2 is 2.18 bits per heavy atom. The Balaban J connectivity index is 2.11. The summed E-state index contributed by atoms with van der Waals surface area (Å²) in [5.74, 6) is 0.298. The van der Waals surface area contributed by atoms with Crippen molar-refractivity contribution in [2.75, 3.05) is 18.0 Å². The highest BCUT2D eigenvalue weighted by Crippen LogP contribution is 2.25. The first-order valence-electron chi connectivity index (χ1n) is 6.10. The zero-order valence-electron chi connectivity index (χ0n) is 9.97. The smallest absolute Gasteiger partial charge is 0.140 e. The maximum atomic E-state index is 8.56. The van der Waals surface area contributed by atoms with E-state index in [9.17, 15) is 0 Å². The molecule has 2 rings (SSSR count).